The zero-order valence-electron chi connectivity index (χ0n) is 13.1. The van der Waals surface area contributed by atoms with Crippen LogP contribution in [0.4, 0.5) is 5.82 Å². The number of hydrogen-bond donors (Lipinski definition) is 0. The van der Waals surface area contributed by atoms with Crippen molar-refractivity contribution in [1.82, 2.24) is 29.9 Å². The molecule has 4 rings (SSSR count). The fraction of sp³-hybridized carbons (Fsp3) is 0.250. The highest BCUT2D eigenvalue weighted by atomic mass is 15.2. The lowest BCUT2D eigenvalue weighted by Gasteiger charge is -2.28. The second kappa shape index (κ2) is 5.70. The Balaban J connectivity index is 1.65. The number of aryl methyl sites for hydroxylation is 1. The number of nitriles is 1. The van der Waals surface area contributed by atoms with Crippen molar-refractivity contribution in [2.45, 2.75) is 13.0 Å². The van der Waals surface area contributed by atoms with Gasteiger partial charge >= 0.3 is 0 Å². The molecule has 0 radical (unpaired) electrons. The maximum Gasteiger partial charge on any atom is 0.234 e. The molecule has 8 heteroatoms. The van der Waals surface area contributed by atoms with Gasteiger partial charge in [0.2, 0.25) is 5.82 Å². The van der Waals surface area contributed by atoms with Crippen LogP contribution in [0, 0.1) is 11.3 Å². The zero-order valence-corrected chi connectivity index (χ0v) is 13.1. The van der Waals surface area contributed by atoms with Crippen molar-refractivity contribution in [2.75, 3.05) is 11.4 Å². The predicted octanol–water partition coefficient (Wildman–Crippen LogP) is 1.10. The summed E-state index contributed by atoms with van der Waals surface area (Å²) in [4.78, 5) is 10.3. The van der Waals surface area contributed by atoms with Crippen LogP contribution < -0.4 is 4.90 Å². The molecule has 0 saturated carbocycles. The lowest BCUT2D eigenvalue weighted by atomic mass is 10.0. The topological polar surface area (TPSA) is 96.4 Å². The Morgan fingerprint density at radius 3 is 3.00 bits per heavy atom. The first-order chi connectivity index (χ1) is 11.7. The minimum Gasteiger partial charge on any atom is -0.352 e. The van der Waals surface area contributed by atoms with Gasteiger partial charge in [0.1, 0.15) is 11.9 Å². The molecule has 1 aliphatic rings. The largest absolute Gasteiger partial charge is 0.352 e. The summed E-state index contributed by atoms with van der Waals surface area (Å²) in [5, 5.41) is 21.8. The van der Waals surface area contributed by atoms with Crippen LogP contribution in [0.2, 0.25) is 0 Å². The molecule has 0 N–H and O–H groups in total. The zero-order chi connectivity index (χ0) is 16.5. The SMILES string of the molecule is Cn1cc(-c2cc3c(nn2)CCN(c2ccnc(C#N)n2)C3)cn1. The van der Waals surface area contributed by atoms with E-state index in [1.165, 1.54) is 0 Å². The summed E-state index contributed by atoms with van der Waals surface area (Å²) in [6.45, 7) is 1.47. The van der Waals surface area contributed by atoms with Gasteiger partial charge < -0.3 is 4.90 Å². The van der Waals surface area contributed by atoms with Crippen LogP contribution in [0.3, 0.4) is 0 Å². The van der Waals surface area contributed by atoms with Crippen molar-refractivity contribution in [2.24, 2.45) is 7.05 Å². The van der Waals surface area contributed by atoms with Gasteiger partial charge in [-0.1, -0.05) is 0 Å². The van der Waals surface area contributed by atoms with Crippen molar-refractivity contribution in [3.63, 3.8) is 0 Å². The quantitative estimate of drug-likeness (QED) is 0.698. The molecule has 0 atom stereocenters. The van der Waals surface area contributed by atoms with E-state index >= 15 is 0 Å². The van der Waals surface area contributed by atoms with Crippen molar-refractivity contribution in [1.29, 1.82) is 5.26 Å². The molecule has 118 valence electrons. The Bertz CT molecular complexity index is 939. The lowest BCUT2D eigenvalue weighted by molar-refractivity contribution is 0.687. The first-order valence-corrected chi connectivity index (χ1v) is 7.55. The van der Waals surface area contributed by atoms with E-state index in [1.54, 1.807) is 17.1 Å². The van der Waals surface area contributed by atoms with Gasteiger partial charge in [-0.2, -0.15) is 20.6 Å². The van der Waals surface area contributed by atoms with E-state index in [0.717, 1.165) is 41.3 Å². The van der Waals surface area contributed by atoms with Crippen LogP contribution in [-0.4, -0.2) is 36.5 Å². The van der Waals surface area contributed by atoms with E-state index in [-0.39, 0.29) is 5.82 Å². The summed E-state index contributed by atoms with van der Waals surface area (Å²) in [6, 6.07) is 5.85. The van der Waals surface area contributed by atoms with Crippen LogP contribution in [0.5, 0.6) is 0 Å². The highest BCUT2D eigenvalue weighted by Gasteiger charge is 2.20. The molecule has 0 unspecified atom stereocenters. The maximum absolute atomic E-state index is 8.96. The van der Waals surface area contributed by atoms with Gasteiger partial charge in [-0.15, -0.1) is 0 Å². The molecule has 0 fully saturated rings. The third-order valence-electron chi connectivity index (χ3n) is 4.01. The second-order valence-corrected chi connectivity index (χ2v) is 5.63. The normalized spacial score (nSPS) is 13.4. The van der Waals surface area contributed by atoms with Crippen molar-refractivity contribution < 1.29 is 0 Å². The average molecular weight is 318 g/mol. The molecule has 1 aliphatic heterocycles. The van der Waals surface area contributed by atoms with Crippen LogP contribution in [0.15, 0.2) is 30.7 Å². The Kier molecular flexibility index (Phi) is 3.39. The van der Waals surface area contributed by atoms with Crippen molar-refractivity contribution in [3.8, 4) is 17.3 Å². The highest BCUT2D eigenvalue weighted by Crippen LogP contribution is 2.24. The van der Waals surface area contributed by atoms with Crippen LogP contribution in [0.1, 0.15) is 17.1 Å². The van der Waals surface area contributed by atoms with Gasteiger partial charge in [-0.05, 0) is 17.7 Å². The average Bonchev–Trinajstić information content (AvgIpc) is 3.07. The first-order valence-electron chi connectivity index (χ1n) is 7.55. The van der Waals surface area contributed by atoms with E-state index in [9.17, 15) is 0 Å². The molecule has 0 saturated heterocycles. The molecular formula is C16H14N8. The van der Waals surface area contributed by atoms with E-state index in [1.807, 2.05) is 25.4 Å². The molecule has 24 heavy (non-hydrogen) atoms. The van der Waals surface area contributed by atoms with Gasteiger partial charge in [0, 0.05) is 44.5 Å². The summed E-state index contributed by atoms with van der Waals surface area (Å²) >= 11 is 0. The molecule has 4 heterocycles. The molecule has 3 aromatic rings. The molecular weight excluding hydrogens is 304 g/mol. The van der Waals surface area contributed by atoms with E-state index in [0.29, 0.717) is 6.54 Å². The minimum atomic E-state index is 0.183. The van der Waals surface area contributed by atoms with Crippen molar-refractivity contribution >= 4 is 5.82 Å². The van der Waals surface area contributed by atoms with Gasteiger partial charge in [-0.3, -0.25) is 4.68 Å². The Hall–Kier alpha value is -3.34. The number of hydrogen-bond acceptors (Lipinski definition) is 7. The summed E-state index contributed by atoms with van der Waals surface area (Å²) < 4.78 is 1.74. The number of anilines is 1. The fourth-order valence-corrected chi connectivity index (χ4v) is 2.80. The molecule has 8 nitrogen and oxygen atoms in total. The Morgan fingerprint density at radius 2 is 2.21 bits per heavy atom. The van der Waals surface area contributed by atoms with Crippen LogP contribution in [-0.2, 0) is 20.0 Å². The van der Waals surface area contributed by atoms with Gasteiger partial charge in [0.25, 0.3) is 0 Å². The summed E-state index contributed by atoms with van der Waals surface area (Å²) in [5.74, 6) is 0.939. The van der Waals surface area contributed by atoms with Crippen LogP contribution in [0.25, 0.3) is 11.3 Å². The molecule has 0 amide bonds. The number of rotatable bonds is 2. The van der Waals surface area contributed by atoms with Crippen molar-refractivity contribution in [3.05, 3.63) is 47.8 Å². The monoisotopic (exact) mass is 318 g/mol. The lowest BCUT2D eigenvalue weighted by Crippen LogP contribution is -2.32. The molecule has 0 aromatic carbocycles. The van der Waals surface area contributed by atoms with E-state index in [4.69, 9.17) is 5.26 Å². The minimum absolute atomic E-state index is 0.183. The molecule has 0 aliphatic carbocycles. The first kappa shape index (κ1) is 14.3. The Morgan fingerprint density at radius 1 is 1.29 bits per heavy atom. The number of aromatic nitrogens is 6. The van der Waals surface area contributed by atoms with Gasteiger partial charge in [0.15, 0.2) is 0 Å². The summed E-state index contributed by atoms with van der Waals surface area (Å²) in [5.41, 5.74) is 3.88. The fourth-order valence-electron chi connectivity index (χ4n) is 2.80. The van der Waals surface area contributed by atoms with E-state index in [2.05, 4.69) is 36.2 Å². The van der Waals surface area contributed by atoms with Gasteiger partial charge in [0.05, 0.1) is 17.6 Å². The number of fused-ring (bicyclic) bond motifs is 1. The van der Waals surface area contributed by atoms with E-state index < -0.39 is 0 Å². The third-order valence-corrected chi connectivity index (χ3v) is 4.01. The highest BCUT2D eigenvalue weighted by molar-refractivity contribution is 5.58. The molecule has 0 bridgehead atoms. The summed E-state index contributed by atoms with van der Waals surface area (Å²) in [6.07, 6.45) is 6.10. The second-order valence-electron chi connectivity index (χ2n) is 5.63. The Labute approximate surface area is 138 Å². The maximum atomic E-state index is 8.96. The summed E-state index contributed by atoms with van der Waals surface area (Å²) in [7, 11) is 1.87. The smallest absolute Gasteiger partial charge is 0.234 e. The van der Waals surface area contributed by atoms with Gasteiger partial charge in [-0.25, -0.2) is 9.97 Å². The number of nitrogens with zero attached hydrogens (tertiary/aromatic N) is 8. The third kappa shape index (κ3) is 2.56. The standard InChI is InChI=1S/C16H14N8/c1-23-9-12(8-19-23)14-6-11-10-24(5-3-13(11)21-22-14)16-2-4-18-15(7-17)20-16/h2,4,6,8-9H,3,5,10H2,1H3. The molecule has 3 aromatic heterocycles. The van der Waals surface area contributed by atoms with Crippen LogP contribution >= 0.6 is 0 Å². The predicted molar refractivity (Wildman–Crippen MR) is 85.7 cm³/mol. The molecule has 0 spiro atoms.